The summed E-state index contributed by atoms with van der Waals surface area (Å²) in [7, 11) is 0. The third kappa shape index (κ3) is 1.78. The van der Waals surface area contributed by atoms with Crippen molar-refractivity contribution in [2.75, 3.05) is 12.3 Å². The first kappa shape index (κ1) is 9.22. The predicted octanol–water partition coefficient (Wildman–Crippen LogP) is 2.32. The van der Waals surface area contributed by atoms with E-state index in [9.17, 15) is 0 Å². The molecule has 0 saturated carbocycles. The van der Waals surface area contributed by atoms with Crippen LogP contribution in [0.2, 0.25) is 0 Å². The largest absolute Gasteiger partial charge is 0.302 e. The van der Waals surface area contributed by atoms with Crippen molar-refractivity contribution in [1.82, 2.24) is 5.32 Å². The van der Waals surface area contributed by atoms with Crippen molar-refractivity contribution in [2.24, 2.45) is 0 Å². The van der Waals surface area contributed by atoms with E-state index < -0.39 is 0 Å². The molecule has 2 saturated heterocycles. The van der Waals surface area contributed by atoms with Gasteiger partial charge in [-0.15, -0.1) is 11.8 Å². The fourth-order valence-corrected chi connectivity index (χ4v) is 5.35. The molecule has 0 aliphatic carbocycles. The van der Waals surface area contributed by atoms with Gasteiger partial charge in [-0.25, -0.2) is 0 Å². The third-order valence-electron chi connectivity index (χ3n) is 2.64. The zero-order valence-electron chi connectivity index (χ0n) is 7.80. The molecule has 0 aromatic heterocycles. The maximum atomic E-state index is 3.70. The van der Waals surface area contributed by atoms with Crippen LogP contribution in [-0.2, 0) is 0 Å². The van der Waals surface area contributed by atoms with E-state index >= 15 is 0 Å². The number of thioether (sulfide) groups is 2. The van der Waals surface area contributed by atoms with Crippen molar-refractivity contribution in [3.05, 3.63) is 0 Å². The van der Waals surface area contributed by atoms with E-state index in [1.165, 1.54) is 25.1 Å². The van der Waals surface area contributed by atoms with E-state index in [2.05, 4.69) is 42.7 Å². The summed E-state index contributed by atoms with van der Waals surface area (Å²) in [6.45, 7) is 5.93. The van der Waals surface area contributed by atoms with Crippen LogP contribution in [0.1, 0.15) is 26.7 Å². The monoisotopic (exact) mass is 203 g/mol. The molecule has 2 fully saturated rings. The summed E-state index contributed by atoms with van der Waals surface area (Å²) in [5.74, 6) is 1.31. The first-order valence-corrected chi connectivity index (χ1v) is 6.67. The second-order valence-corrected chi connectivity index (χ2v) is 7.21. The molecular formula is C9H17NS2. The molecule has 2 rings (SSSR count). The lowest BCUT2D eigenvalue weighted by Gasteiger charge is -2.37. The quantitative estimate of drug-likeness (QED) is 0.649. The summed E-state index contributed by atoms with van der Waals surface area (Å²) in [5, 5.41) is 5.41. The van der Waals surface area contributed by atoms with Crippen molar-refractivity contribution in [3.63, 3.8) is 0 Å². The van der Waals surface area contributed by atoms with E-state index in [4.69, 9.17) is 0 Å². The maximum absolute atomic E-state index is 3.70. The van der Waals surface area contributed by atoms with E-state index in [1.807, 2.05) is 0 Å². The second-order valence-electron chi connectivity index (χ2n) is 3.96. The Bertz CT molecular complexity index is 170. The molecule has 0 amide bonds. The van der Waals surface area contributed by atoms with Crippen LogP contribution in [0.15, 0.2) is 0 Å². The van der Waals surface area contributed by atoms with Crippen molar-refractivity contribution in [2.45, 2.75) is 42.1 Å². The Hall–Kier alpha value is 0.660. The highest BCUT2D eigenvalue weighted by Crippen LogP contribution is 2.45. The third-order valence-corrected chi connectivity index (χ3v) is 5.77. The van der Waals surface area contributed by atoms with Crippen molar-refractivity contribution < 1.29 is 0 Å². The fraction of sp³-hybridized carbons (Fsp3) is 1.00. The first-order valence-electron chi connectivity index (χ1n) is 4.75. The van der Waals surface area contributed by atoms with Gasteiger partial charge in [-0.3, -0.25) is 0 Å². The molecule has 0 aromatic carbocycles. The molecule has 2 aliphatic rings. The van der Waals surface area contributed by atoms with Crippen LogP contribution in [0.4, 0.5) is 0 Å². The van der Waals surface area contributed by atoms with Crippen LogP contribution in [0.5, 0.6) is 0 Å². The van der Waals surface area contributed by atoms with Crippen LogP contribution in [0.25, 0.3) is 0 Å². The molecule has 2 aliphatic heterocycles. The molecule has 70 valence electrons. The number of rotatable bonds is 0. The van der Waals surface area contributed by atoms with Gasteiger partial charge in [0.05, 0.1) is 4.87 Å². The van der Waals surface area contributed by atoms with Crippen LogP contribution in [-0.4, -0.2) is 27.7 Å². The van der Waals surface area contributed by atoms with Gasteiger partial charge in [-0.2, -0.15) is 11.8 Å². The first-order chi connectivity index (χ1) is 5.70. The van der Waals surface area contributed by atoms with Crippen molar-refractivity contribution in [1.29, 1.82) is 0 Å². The van der Waals surface area contributed by atoms with E-state index in [1.54, 1.807) is 0 Å². The van der Waals surface area contributed by atoms with Crippen LogP contribution >= 0.6 is 23.5 Å². The van der Waals surface area contributed by atoms with E-state index in [0.29, 0.717) is 4.87 Å². The van der Waals surface area contributed by atoms with E-state index in [-0.39, 0.29) is 0 Å². The number of hydrogen-bond acceptors (Lipinski definition) is 3. The molecule has 1 N–H and O–H groups in total. The molecule has 0 aromatic rings. The fourth-order valence-electron chi connectivity index (χ4n) is 2.05. The average molecular weight is 203 g/mol. The highest BCUT2D eigenvalue weighted by molar-refractivity contribution is 8.05. The zero-order valence-corrected chi connectivity index (χ0v) is 9.43. The van der Waals surface area contributed by atoms with Gasteiger partial charge < -0.3 is 5.32 Å². The standard InChI is InChI=1S/C9H17NS2/c1-7-3-4-10-9(12-7)5-8(2)11-6-9/h7-8,10H,3-6H2,1-2H3. The summed E-state index contributed by atoms with van der Waals surface area (Å²) in [4.78, 5) is 0.446. The summed E-state index contributed by atoms with van der Waals surface area (Å²) in [6, 6.07) is 0. The SMILES string of the molecule is CC1CC2(CS1)NCCC(C)S2. The summed E-state index contributed by atoms with van der Waals surface area (Å²) >= 11 is 4.29. The van der Waals surface area contributed by atoms with Gasteiger partial charge in [0, 0.05) is 16.3 Å². The van der Waals surface area contributed by atoms with Gasteiger partial charge in [-0.05, 0) is 19.4 Å². The molecule has 3 atom stereocenters. The zero-order chi connectivity index (χ0) is 8.60. The van der Waals surface area contributed by atoms with Gasteiger partial charge in [0.25, 0.3) is 0 Å². The Morgan fingerprint density at radius 3 is 2.75 bits per heavy atom. The summed E-state index contributed by atoms with van der Waals surface area (Å²) in [5.41, 5.74) is 0. The molecule has 12 heavy (non-hydrogen) atoms. The Morgan fingerprint density at radius 1 is 1.33 bits per heavy atom. The Morgan fingerprint density at radius 2 is 2.17 bits per heavy atom. The highest BCUT2D eigenvalue weighted by Gasteiger charge is 2.41. The number of hydrogen-bond donors (Lipinski definition) is 1. The average Bonchev–Trinajstić information content (AvgIpc) is 2.32. The lowest BCUT2D eigenvalue weighted by Crippen LogP contribution is -2.48. The molecular weight excluding hydrogens is 186 g/mol. The van der Waals surface area contributed by atoms with Gasteiger partial charge in [0.2, 0.25) is 0 Å². The van der Waals surface area contributed by atoms with Gasteiger partial charge >= 0.3 is 0 Å². The lowest BCUT2D eigenvalue weighted by atomic mass is 10.1. The van der Waals surface area contributed by atoms with Crippen molar-refractivity contribution in [3.8, 4) is 0 Å². The lowest BCUT2D eigenvalue weighted by molar-refractivity contribution is 0.464. The Balaban J connectivity index is 2.00. The molecule has 0 radical (unpaired) electrons. The molecule has 3 unspecified atom stereocenters. The van der Waals surface area contributed by atoms with Crippen LogP contribution in [0.3, 0.4) is 0 Å². The smallest absolute Gasteiger partial charge is 0.0749 e. The normalized spacial score (nSPS) is 48.5. The summed E-state index contributed by atoms with van der Waals surface area (Å²) in [6.07, 6.45) is 2.69. The second kappa shape index (κ2) is 3.43. The highest BCUT2D eigenvalue weighted by atomic mass is 32.2. The number of nitrogens with one attached hydrogen (secondary N) is 1. The topological polar surface area (TPSA) is 12.0 Å². The Labute approximate surface area is 83.4 Å². The summed E-state index contributed by atoms with van der Waals surface area (Å²) < 4.78 is 0. The minimum Gasteiger partial charge on any atom is -0.302 e. The molecule has 1 spiro atoms. The van der Waals surface area contributed by atoms with Gasteiger partial charge in [0.1, 0.15) is 0 Å². The van der Waals surface area contributed by atoms with Crippen molar-refractivity contribution >= 4 is 23.5 Å². The minimum atomic E-state index is 0.446. The molecule has 2 heterocycles. The van der Waals surface area contributed by atoms with Gasteiger partial charge in [0.15, 0.2) is 0 Å². The predicted molar refractivity (Wildman–Crippen MR) is 58.9 cm³/mol. The molecule has 0 bridgehead atoms. The van der Waals surface area contributed by atoms with Crippen LogP contribution < -0.4 is 5.32 Å². The minimum absolute atomic E-state index is 0.446. The van der Waals surface area contributed by atoms with Gasteiger partial charge in [-0.1, -0.05) is 13.8 Å². The molecule has 3 heteroatoms. The van der Waals surface area contributed by atoms with Crippen LogP contribution in [0, 0.1) is 0 Å². The molecule has 1 nitrogen and oxygen atoms in total. The Kier molecular flexibility index (Phi) is 2.64. The van der Waals surface area contributed by atoms with E-state index in [0.717, 1.165) is 10.5 Å². The maximum Gasteiger partial charge on any atom is 0.0749 e.